The molecule has 2 N–H and O–H groups in total. The van der Waals surface area contributed by atoms with Gasteiger partial charge in [0.15, 0.2) is 0 Å². The average molecular weight is 496 g/mol. The van der Waals surface area contributed by atoms with E-state index in [2.05, 4.69) is 10.0 Å². The second-order valence-electron chi connectivity index (χ2n) is 8.33. The maximum absolute atomic E-state index is 14.2. The first-order chi connectivity index (χ1) is 16.8. The first-order valence-corrected chi connectivity index (χ1v) is 12.8. The number of benzene rings is 3. The number of halogens is 1. The number of amides is 2. The van der Waals surface area contributed by atoms with Crippen molar-refractivity contribution in [1.82, 2.24) is 10.0 Å². The Labute approximate surface area is 204 Å². The van der Waals surface area contributed by atoms with Crippen LogP contribution in [0.25, 0.3) is 0 Å². The van der Waals surface area contributed by atoms with Gasteiger partial charge < -0.3 is 10.2 Å². The largest absolute Gasteiger partial charge is 0.351 e. The summed E-state index contributed by atoms with van der Waals surface area (Å²) in [5.74, 6) is -1.33. The predicted molar refractivity (Wildman–Crippen MR) is 131 cm³/mol. The zero-order valence-electron chi connectivity index (χ0n) is 19.0. The molecule has 1 aliphatic heterocycles. The van der Waals surface area contributed by atoms with Crippen LogP contribution in [-0.4, -0.2) is 32.8 Å². The van der Waals surface area contributed by atoms with Crippen LogP contribution in [0.1, 0.15) is 24.0 Å². The summed E-state index contributed by atoms with van der Waals surface area (Å²) in [6.45, 7) is 0.859. The number of nitrogens with one attached hydrogen (secondary N) is 2. The van der Waals surface area contributed by atoms with Crippen molar-refractivity contribution in [3.8, 4) is 0 Å². The minimum Gasteiger partial charge on any atom is -0.351 e. The van der Waals surface area contributed by atoms with Crippen LogP contribution in [0.4, 0.5) is 10.1 Å². The summed E-state index contributed by atoms with van der Waals surface area (Å²) in [5, 5.41) is 2.77. The van der Waals surface area contributed by atoms with Gasteiger partial charge in [-0.1, -0.05) is 54.6 Å². The van der Waals surface area contributed by atoms with Crippen molar-refractivity contribution in [2.24, 2.45) is 0 Å². The molecule has 0 aromatic heterocycles. The fourth-order valence-electron chi connectivity index (χ4n) is 3.98. The number of hydrogen-bond acceptors (Lipinski definition) is 4. The van der Waals surface area contributed by atoms with Crippen LogP contribution in [-0.2, 0) is 32.6 Å². The standard InChI is InChI=1S/C26H26FN3O4S/c27-22-9-4-5-10-24(22)35(33,34)29-23(17-19-7-2-1-3-8-19)26(32)28-18-20-12-14-21(15-13-20)30-16-6-11-25(30)31/h1-5,7-10,12-15,23,29H,6,11,16-18H2,(H,28,32). The minimum absolute atomic E-state index is 0.0936. The molecule has 0 spiro atoms. The van der Waals surface area contributed by atoms with Crippen LogP contribution in [0.2, 0.25) is 0 Å². The predicted octanol–water partition coefficient (Wildman–Crippen LogP) is 3.16. The Morgan fingerprint density at radius 1 is 0.943 bits per heavy atom. The Morgan fingerprint density at radius 2 is 1.63 bits per heavy atom. The molecule has 2 amide bonds. The van der Waals surface area contributed by atoms with E-state index in [9.17, 15) is 22.4 Å². The molecule has 1 aliphatic rings. The van der Waals surface area contributed by atoms with Crippen molar-refractivity contribution < 1.29 is 22.4 Å². The Kier molecular flexibility index (Phi) is 7.57. The van der Waals surface area contributed by atoms with Gasteiger partial charge in [0.05, 0.1) is 0 Å². The van der Waals surface area contributed by atoms with E-state index in [0.29, 0.717) is 13.0 Å². The van der Waals surface area contributed by atoms with Crippen molar-refractivity contribution >= 4 is 27.5 Å². The summed E-state index contributed by atoms with van der Waals surface area (Å²) < 4.78 is 42.2. The summed E-state index contributed by atoms with van der Waals surface area (Å²) in [7, 11) is -4.28. The third-order valence-electron chi connectivity index (χ3n) is 5.81. The van der Waals surface area contributed by atoms with Gasteiger partial charge in [-0.2, -0.15) is 4.72 Å². The first kappa shape index (κ1) is 24.6. The van der Waals surface area contributed by atoms with Gasteiger partial charge in [-0.15, -0.1) is 0 Å². The molecule has 9 heteroatoms. The van der Waals surface area contributed by atoms with Gasteiger partial charge in [0.25, 0.3) is 0 Å². The Morgan fingerprint density at radius 3 is 2.29 bits per heavy atom. The molecule has 0 saturated carbocycles. The van der Waals surface area contributed by atoms with Crippen LogP contribution in [0.15, 0.2) is 83.8 Å². The van der Waals surface area contributed by atoms with Gasteiger partial charge in [-0.25, -0.2) is 12.8 Å². The van der Waals surface area contributed by atoms with Crippen LogP contribution in [0.3, 0.4) is 0 Å². The normalized spacial score (nSPS) is 14.7. The van der Waals surface area contributed by atoms with E-state index in [1.807, 2.05) is 30.3 Å². The molecule has 3 aromatic rings. The number of carbonyl (C=O) groups is 2. The summed E-state index contributed by atoms with van der Waals surface area (Å²) in [4.78, 5) is 26.2. The SMILES string of the molecule is O=C(NCc1ccc(N2CCCC2=O)cc1)C(Cc1ccccc1)NS(=O)(=O)c1ccccc1F. The summed E-state index contributed by atoms with van der Waals surface area (Å²) in [6, 6.07) is 20.1. The second kappa shape index (κ2) is 10.8. The van der Waals surface area contributed by atoms with Crippen LogP contribution >= 0.6 is 0 Å². The third kappa shape index (κ3) is 6.12. The van der Waals surface area contributed by atoms with Gasteiger partial charge in [-0.3, -0.25) is 9.59 Å². The van der Waals surface area contributed by atoms with E-state index >= 15 is 0 Å². The number of anilines is 1. The topological polar surface area (TPSA) is 95.6 Å². The molecule has 3 aromatic carbocycles. The number of sulfonamides is 1. The number of rotatable bonds is 9. The van der Waals surface area contributed by atoms with Crippen LogP contribution in [0.5, 0.6) is 0 Å². The molecule has 1 heterocycles. The van der Waals surface area contributed by atoms with E-state index in [1.54, 1.807) is 29.2 Å². The van der Waals surface area contributed by atoms with E-state index in [0.717, 1.165) is 35.4 Å². The molecule has 0 aliphatic carbocycles. The molecule has 1 atom stereocenters. The monoisotopic (exact) mass is 495 g/mol. The van der Waals surface area contributed by atoms with Crippen molar-refractivity contribution in [3.05, 3.63) is 95.8 Å². The highest BCUT2D eigenvalue weighted by molar-refractivity contribution is 7.89. The third-order valence-corrected chi connectivity index (χ3v) is 7.32. The molecule has 1 unspecified atom stereocenters. The van der Waals surface area contributed by atoms with Crippen LogP contribution < -0.4 is 14.9 Å². The van der Waals surface area contributed by atoms with Crippen molar-refractivity contribution in [2.75, 3.05) is 11.4 Å². The van der Waals surface area contributed by atoms with Gasteiger partial charge in [0, 0.05) is 25.2 Å². The van der Waals surface area contributed by atoms with E-state index in [4.69, 9.17) is 0 Å². The highest BCUT2D eigenvalue weighted by Crippen LogP contribution is 2.21. The molecule has 1 saturated heterocycles. The minimum atomic E-state index is -4.28. The van der Waals surface area contributed by atoms with E-state index in [1.165, 1.54) is 12.1 Å². The Balaban J connectivity index is 1.47. The average Bonchev–Trinajstić information content (AvgIpc) is 3.29. The lowest BCUT2D eigenvalue weighted by Gasteiger charge is -2.19. The molecular formula is C26H26FN3O4S. The zero-order chi connectivity index (χ0) is 24.8. The highest BCUT2D eigenvalue weighted by atomic mass is 32.2. The molecule has 35 heavy (non-hydrogen) atoms. The number of carbonyl (C=O) groups excluding carboxylic acids is 2. The summed E-state index contributed by atoms with van der Waals surface area (Å²) >= 11 is 0. The fourth-order valence-corrected chi connectivity index (χ4v) is 5.25. The maximum atomic E-state index is 14.2. The first-order valence-electron chi connectivity index (χ1n) is 11.3. The van der Waals surface area contributed by atoms with Crippen molar-refractivity contribution in [2.45, 2.75) is 36.7 Å². The summed E-state index contributed by atoms with van der Waals surface area (Å²) in [6.07, 6.45) is 1.47. The van der Waals surface area contributed by atoms with Crippen LogP contribution in [0, 0.1) is 5.82 Å². The Bertz CT molecular complexity index is 1300. The quantitative estimate of drug-likeness (QED) is 0.477. The lowest BCUT2D eigenvalue weighted by atomic mass is 10.1. The van der Waals surface area contributed by atoms with Gasteiger partial charge >= 0.3 is 0 Å². The lowest BCUT2D eigenvalue weighted by molar-refractivity contribution is -0.123. The molecule has 182 valence electrons. The molecule has 0 radical (unpaired) electrons. The number of nitrogens with zero attached hydrogens (tertiary/aromatic N) is 1. The lowest BCUT2D eigenvalue weighted by Crippen LogP contribution is -2.47. The molecule has 4 rings (SSSR count). The molecule has 7 nitrogen and oxygen atoms in total. The molecular weight excluding hydrogens is 469 g/mol. The highest BCUT2D eigenvalue weighted by Gasteiger charge is 2.28. The van der Waals surface area contributed by atoms with E-state index < -0.39 is 32.7 Å². The summed E-state index contributed by atoms with van der Waals surface area (Å²) in [5.41, 5.74) is 2.36. The second-order valence-corrected chi connectivity index (χ2v) is 10.0. The van der Waals surface area contributed by atoms with Crippen molar-refractivity contribution in [3.63, 3.8) is 0 Å². The van der Waals surface area contributed by atoms with Crippen molar-refractivity contribution in [1.29, 1.82) is 0 Å². The van der Waals surface area contributed by atoms with Gasteiger partial charge in [-0.05, 0) is 48.2 Å². The molecule has 0 bridgehead atoms. The van der Waals surface area contributed by atoms with Gasteiger partial charge in [0.2, 0.25) is 21.8 Å². The maximum Gasteiger partial charge on any atom is 0.244 e. The molecule has 1 fully saturated rings. The van der Waals surface area contributed by atoms with E-state index in [-0.39, 0.29) is 18.9 Å². The fraction of sp³-hybridized carbons (Fsp3) is 0.231. The van der Waals surface area contributed by atoms with Gasteiger partial charge in [0.1, 0.15) is 16.8 Å². The number of hydrogen-bond donors (Lipinski definition) is 2. The smallest absolute Gasteiger partial charge is 0.244 e. The zero-order valence-corrected chi connectivity index (χ0v) is 19.8. The Hall–Kier alpha value is -3.56.